The van der Waals surface area contributed by atoms with E-state index in [9.17, 15) is 0 Å². The number of para-hydroxylation sites is 1. The Morgan fingerprint density at radius 3 is 2.05 bits per heavy atom. The van der Waals surface area contributed by atoms with Crippen LogP contribution in [0.25, 0.3) is 64.8 Å². The lowest BCUT2D eigenvalue weighted by atomic mass is 9.91. The number of fused-ring (bicyclic) bond motifs is 5. The van der Waals surface area contributed by atoms with Crippen LogP contribution in [0.15, 0.2) is 133 Å². The summed E-state index contributed by atoms with van der Waals surface area (Å²) in [6.07, 6.45) is 0. The zero-order valence-electron chi connectivity index (χ0n) is 22.4. The van der Waals surface area contributed by atoms with Gasteiger partial charge < -0.3 is 0 Å². The third kappa shape index (κ3) is 3.44. The minimum Gasteiger partial charge on any atom is -0.278 e. The molecule has 0 amide bonds. The molecule has 0 atom stereocenters. The molecule has 0 saturated heterocycles. The highest BCUT2D eigenvalue weighted by atomic mass is 32.1. The predicted octanol–water partition coefficient (Wildman–Crippen LogP) is 10.2. The molecule has 0 fully saturated rings. The second kappa shape index (κ2) is 9.06. The monoisotopic (exact) mass is 554 g/mol. The summed E-state index contributed by atoms with van der Waals surface area (Å²) in [6.45, 7) is 0. The maximum atomic E-state index is 5.26. The number of aromatic nitrogens is 3. The molecule has 0 bridgehead atoms. The first kappa shape index (κ1) is 23.3. The quantitative estimate of drug-likeness (QED) is 0.218. The molecule has 0 saturated carbocycles. The Balaban J connectivity index is 1.37. The fourth-order valence-electron chi connectivity index (χ4n) is 6.24. The fraction of sp³-hybridized carbons (Fsp3) is 0. The van der Waals surface area contributed by atoms with Gasteiger partial charge in [0.1, 0.15) is 0 Å². The molecule has 0 radical (unpaired) electrons. The van der Waals surface area contributed by atoms with Crippen LogP contribution in [0.5, 0.6) is 0 Å². The van der Waals surface area contributed by atoms with Crippen molar-refractivity contribution in [3.8, 4) is 33.9 Å². The standard InChI is InChI=1S/C37H22N4S/c1-2-11-24(12-3-1)35-38-36(28-18-10-22-32-34(28)27-16-5-7-21-31(27)42-32)40-37(39-35)41-29-19-6-4-15-25(29)26-17-8-13-23-14-9-20-30(41)33(23)26/h1-22H. The van der Waals surface area contributed by atoms with Crippen molar-refractivity contribution < 1.29 is 0 Å². The third-order valence-corrected chi connectivity index (χ3v) is 9.19. The Hall–Kier alpha value is -5.39. The SMILES string of the molecule is c1ccc(-c2nc(-c3cccc4sc5ccccc5c34)nc(N3c4ccccc4-c4cccc5cccc3c45)n2)cc1. The van der Waals surface area contributed by atoms with Crippen molar-refractivity contribution in [1.82, 2.24) is 15.0 Å². The summed E-state index contributed by atoms with van der Waals surface area (Å²) in [4.78, 5) is 17.7. The molecule has 0 aliphatic carbocycles. The van der Waals surface area contributed by atoms with Crippen molar-refractivity contribution in [2.45, 2.75) is 0 Å². The summed E-state index contributed by atoms with van der Waals surface area (Å²) in [6, 6.07) is 46.7. The van der Waals surface area contributed by atoms with Crippen molar-refractivity contribution in [2.24, 2.45) is 0 Å². The summed E-state index contributed by atoms with van der Waals surface area (Å²) >= 11 is 1.80. The normalized spacial score (nSPS) is 12.2. The van der Waals surface area contributed by atoms with E-state index in [1.165, 1.54) is 36.5 Å². The third-order valence-electron chi connectivity index (χ3n) is 8.06. The lowest BCUT2D eigenvalue weighted by molar-refractivity contribution is 1.02. The molecule has 6 aromatic carbocycles. The Bertz CT molecular complexity index is 2320. The lowest BCUT2D eigenvalue weighted by Gasteiger charge is -2.32. The molecule has 4 nitrogen and oxygen atoms in total. The molecule has 42 heavy (non-hydrogen) atoms. The van der Waals surface area contributed by atoms with Crippen molar-refractivity contribution in [2.75, 3.05) is 4.90 Å². The van der Waals surface area contributed by atoms with E-state index in [0.29, 0.717) is 17.6 Å². The molecule has 0 spiro atoms. The van der Waals surface area contributed by atoms with E-state index in [2.05, 4.69) is 120 Å². The molecule has 1 aliphatic rings. The highest BCUT2D eigenvalue weighted by Crippen LogP contribution is 2.50. The van der Waals surface area contributed by atoms with Crippen molar-refractivity contribution in [3.63, 3.8) is 0 Å². The molecule has 0 N–H and O–H groups in total. The van der Waals surface area contributed by atoms with Gasteiger partial charge in [0, 0.05) is 42.2 Å². The molecule has 2 aromatic heterocycles. The summed E-state index contributed by atoms with van der Waals surface area (Å²) in [5.41, 5.74) is 6.47. The zero-order valence-corrected chi connectivity index (χ0v) is 23.2. The van der Waals surface area contributed by atoms with E-state index in [1.54, 1.807) is 11.3 Å². The minimum absolute atomic E-state index is 0.602. The average Bonchev–Trinajstić information content (AvgIpc) is 3.44. The van der Waals surface area contributed by atoms with Gasteiger partial charge in [-0.25, -0.2) is 4.98 Å². The van der Waals surface area contributed by atoms with Gasteiger partial charge >= 0.3 is 0 Å². The van der Waals surface area contributed by atoms with Crippen LogP contribution < -0.4 is 4.90 Å². The van der Waals surface area contributed by atoms with Crippen LogP contribution in [0.1, 0.15) is 0 Å². The second-order valence-corrected chi connectivity index (χ2v) is 11.5. The lowest BCUT2D eigenvalue weighted by Crippen LogP contribution is -2.18. The highest BCUT2D eigenvalue weighted by molar-refractivity contribution is 7.25. The van der Waals surface area contributed by atoms with E-state index in [1.807, 2.05) is 18.2 Å². The highest BCUT2D eigenvalue weighted by Gasteiger charge is 2.28. The average molecular weight is 555 g/mol. The first-order valence-electron chi connectivity index (χ1n) is 14.0. The predicted molar refractivity (Wildman–Crippen MR) is 175 cm³/mol. The smallest absolute Gasteiger partial charge is 0.238 e. The number of thiophene rings is 1. The minimum atomic E-state index is 0.602. The molecule has 1 aliphatic heterocycles. The molecular weight excluding hydrogens is 533 g/mol. The number of hydrogen-bond donors (Lipinski definition) is 0. The van der Waals surface area contributed by atoms with E-state index in [-0.39, 0.29) is 0 Å². The van der Waals surface area contributed by atoms with Crippen LogP contribution >= 0.6 is 11.3 Å². The van der Waals surface area contributed by atoms with E-state index >= 15 is 0 Å². The summed E-state index contributed by atoms with van der Waals surface area (Å²) in [5.74, 6) is 1.91. The van der Waals surface area contributed by atoms with Crippen molar-refractivity contribution in [1.29, 1.82) is 0 Å². The Kier molecular flexibility index (Phi) is 5.03. The van der Waals surface area contributed by atoms with Gasteiger partial charge in [-0.3, -0.25) is 4.90 Å². The van der Waals surface area contributed by atoms with E-state index in [0.717, 1.165) is 28.1 Å². The Morgan fingerprint density at radius 1 is 0.452 bits per heavy atom. The van der Waals surface area contributed by atoms with Crippen LogP contribution in [-0.4, -0.2) is 15.0 Å². The van der Waals surface area contributed by atoms with Gasteiger partial charge in [0.2, 0.25) is 5.95 Å². The number of benzene rings is 6. The maximum Gasteiger partial charge on any atom is 0.238 e. The van der Waals surface area contributed by atoms with Gasteiger partial charge in [0.25, 0.3) is 0 Å². The van der Waals surface area contributed by atoms with Crippen molar-refractivity contribution in [3.05, 3.63) is 133 Å². The first-order valence-corrected chi connectivity index (χ1v) is 14.8. The zero-order chi connectivity index (χ0) is 27.6. The summed E-state index contributed by atoms with van der Waals surface area (Å²) in [5, 5.41) is 4.79. The molecule has 9 rings (SSSR count). The maximum absolute atomic E-state index is 5.26. The van der Waals surface area contributed by atoms with Gasteiger partial charge in [0.05, 0.1) is 11.4 Å². The largest absolute Gasteiger partial charge is 0.278 e. The molecule has 196 valence electrons. The Labute approximate surface area is 246 Å². The summed E-state index contributed by atoms with van der Waals surface area (Å²) < 4.78 is 2.48. The van der Waals surface area contributed by atoms with Gasteiger partial charge in [-0.15, -0.1) is 11.3 Å². The molecular formula is C37H22N4S. The van der Waals surface area contributed by atoms with Gasteiger partial charge in [-0.2, -0.15) is 9.97 Å². The number of anilines is 3. The van der Waals surface area contributed by atoms with Crippen LogP contribution in [0, 0.1) is 0 Å². The topological polar surface area (TPSA) is 41.9 Å². The number of rotatable bonds is 3. The fourth-order valence-corrected chi connectivity index (χ4v) is 7.37. The van der Waals surface area contributed by atoms with Crippen LogP contribution in [0.2, 0.25) is 0 Å². The number of nitrogens with zero attached hydrogens (tertiary/aromatic N) is 4. The van der Waals surface area contributed by atoms with Crippen LogP contribution in [-0.2, 0) is 0 Å². The van der Waals surface area contributed by atoms with E-state index < -0.39 is 0 Å². The Morgan fingerprint density at radius 2 is 1.12 bits per heavy atom. The molecule has 5 heteroatoms. The summed E-state index contributed by atoms with van der Waals surface area (Å²) in [7, 11) is 0. The van der Waals surface area contributed by atoms with Crippen LogP contribution in [0.3, 0.4) is 0 Å². The molecule has 8 aromatic rings. The molecule has 0 unspecified atom stereocenters. The molecule has 3 heterocycles. The van der Waals surface area contributed by atoms with Gasteiger partial charge in [-0.1, -0.05) is 109 Å². The van der Waals surface area contributed by atoms with Crippen LogP contribution in [0.4, 0.5) is 17.3 Å². The number of hydrogen-bond acceptors (Lipinski definition) is 5. The van der Waals surface area contributed by atoms with Crippen molar-refractivity contribution >= 4 is 59.6 Å². The van der Waals surface area contributed by atoms with E-state index in [4.69, 9.17) is 15.0 Å². The first-order chi connectivity index (χ1) is 20.8. The van der Waals surface area contributed by atoms with Gasteiger partial charge in [-0.05, 0) is 35.2 Å². The second-order valence-electron chi connectivity index (χ2n) is 10.5. The van der Waals surface area contributed by atoms with Gasteiger partial charge in [0.15, 0.2) is 11.6 Å².